The van der Waals surface area contributed by atoms with Crippen LogP contribution < -0.4 is 11.3 Å². The van der Waals surface area contributed by atoms with Gasteiger partial charge >= 0.3 is 0 Å². The van der Waals surface area contributed by atoms with Crippen molar-refractivity contribution < 1.29 is 8.42 Å². The predicted octanol–water partition coefficient (Wildman–Crippen LogP) is 2.21. The number of hydrogen-bond donors (Lipinski definition) is 1. The summed E-state index contributed by atoms with van der Waals surface area (Å²) in [5, 5.41) is 0.446. The van der Waals surface area contributed by atoms with Gasteiger partial charge in [-0.15, -0.1) is 0 Å². The number of aryl methyl sites for hydroxylation is 1. The maximum Gasteiger partial charge on any atom is 0.250 e. The molecule has 0 radical (unpaired) electrons. The minimum Gasteiger partial charge on any atom is -0.398 e. The first-order valence-corrected chi connectivity index (χ1v) is 8.34. The first-order valence-electron chi connectivity index (χ1n) is 5.93. The van der Waals surface area contributed by atoms with Crippen molar-refractivity contribution in [2.45, 2.75) is 11.4 Å². The Morgan fingerprint density at radius 1 is 1.10 bits per heavy atom. The van der Waals surface area contributed by atoms with Crippen LogP contribution >= 0.6 is 23.2 Å². The van der Waals surface area contributed by atoms with Crippen LogP contribution in [0, 0.1) is 0 Å². The second-order valence-corrected chi connectivity index (χ2v) is 7.31. The third-order valence-electron chi connectivity index (χ3n) is 2.86. The summed E-state index contributed by atoms with van der Waals surface area (Å²) in [7, 11) is -3.57. The molecule has 0 aliphatic carbocycles. The summed E-state index contributed by atoms with van der Waals surface area (Å²) in [5.41, 5.74) is 5.65. The van der Waals surface area contributed by atoms with Crippen LogP contribution in [0.4, 0.5) is 5.69 Å². The molecule has 0 saturated carbocycles. The van der Waals surface area contributed by atoms with Gasteiger partial charge in [0.1, 0.15) is 0 Å². The van der Waals surface area contributed by atoms with Gasteiger partial charge in [-0.3, -0.25) is 4.79 Å². The second-order valence-electron chi connectivity index (χ2n) is 4.39. The predicted molar refractivity (Wildman–Crippen MR) is 83.6 cm³/mol. The Hall–Kier alpha value is -1.50. The molecule has 0 amide bonds. The number of pyridine rings is 1. The Balaban J connectivity index is 2.23. The van der Waals surface area contributed by atoms with Gasteiger partial charge in [0.25, 0.3) is 5.56 Å². The summed E-state index contributed by atoms with van der Waals surface area (Å²) >= 11 is 11.6. The van der Waals surface area contributed by atoms with Crippen LogP contribution in [0.1, 0.15) is 0 Å². The molecule has 1 heterocycles. The number of sulfone groups is 1. The number of hydrogen-bond acceptors (Lipinski definition) is 4. The Morgan fingerprint density at radius 2 is 1.81 bits per heavy atom. The van der Waals surface area contributed by atoms with Gasteiger partial charge < -0.3 is 10.3 Å². The summed E-state index contributed by atoms with van der Waals surface area (Å²) in [6, 6.07) is 6.85. The molecule has 0 unspecified atom stereocenters. The third-order valence-corrected chi connectivity index (χ3v) is 5.29. The van der Waals surface area contributed by atoms with Crippen LogP contribution in [-0.2, 0) is 16.4 Å². The quantitative estimate of drug-likeness (QED) is 0.919. The zero-order valence-corrected chi connectivity index (χ0v) is 13.1. The molecule has 8 heteroatoms. The van der Waals surface area contributed by atoms with Crippen molar-refractivity contribution in [3.05, 3.63) is 56.9 Å². The van der Waals surface area contributed by atoms with Crippen LogP contribution in [0.5, 0.6) is 0 Å². The fourth-order valence-corrected chi connectivity index (χ4v) is 3.34. The Bertz CT molecular complexity index is 832. The van der Waals surface area contributed by atoms with E-state index in [0.717, 1.165) is 0 Å². The van der Waals surface area contributed by atoms with Gasteiger partial charge in [0.15, 0.2) is 9.84 Å². The van der Waals surface area contributed by atoms with Gasteiger partial charge in [0, 0.05) is 24.5 Å². The Morgan fingerprint density at radius 3 is 2.48 bits per heavy atom. The van der Waals surface area contributed by atoms with E-state index < -0.39 is 9.84 Å². The van der Waals surface area contributed by atoms with Crippen LogP contribution in [0.15, 0.2) is 46.2 Å². The molecule has 0 aliphatic rings. The molecular formula is C13H12Cl2N2O3S. The molecule has 2 rings (SSSR count). The molecule has 1 aromatic heterocycles. The van der Waals surface area contributed by atoms with Crippen molar-refractivity contribution in [1.82, 2.24) is 4.57 Å². The molecule has 21 heavy (non-hydrogen) atoms. The summed E-state index contributed by atoms with van der Waals surface area (Å²) in [6.07, 6.45) is 1.41. The highest BCUT2D eigenvalue weighted by Gasteiger charge is 2.16. The van der Waals surface area contributed by atoms with Gasteiger partial charge in [0.2, 0.25) is 0 Å². The van der Waals surface area contributed by atoms with E-state index in [-0.39, 0.29) is 32.8 Å². The van der Waals surface area contributed by atoms with E-state index in [1.807, 2.05) is 0 Å². The highest BCUT2D eigenvalue weighted by atomic mass is 35.5. The van der Waals surface area contributed by atoms with Gasteiger partial charge in [-0.25, -0.2) is 8.42 Å². The van der Waals surface area contributed by atoms with Crippen LogP contribution in [0.25, 0.3) is 0 Å². The molecule has 2 N–H and O–H groups in total. The minimum atomic E-state index is -3.57. The zero-order valence-electron chi connectivity index (χ0n) is 10.8. The molecule has 0 spiro atoms. The number of rotatable bonds is 4. The molecule has 2 aromatic rings. The highest BCUT2D eigenvalue weighted by molar-refractivity contribution is 7.91. The zero-order chi connectivity index (χ0) is 15.6. The second kappa shape index (κ2) is 6.09. The summed E-state index contributed by atoms with van der Waals surface area (Å²) in [6.45, 7) is 0.00640. The van der Waals surface area contributed by atoms with Gasteiger partial charge in [0.05, 0.1) is 20.7 Å². The van der Waals surface area contributed by atoms with Crippen molar-refractivity contribution in [2.75, 3.05) is 11.5 Å². The lowest BCUT2D eigenvalue weighted by Crippen LogP contribution is -2.23. The van der Waals surface area contributed by atoms with E-state index in [1.165, 1.54) is 41.1 Å². The third kappa shape index (κ3) is 3.78. The topological polar surface area (TPSA) is 82.2 Å². The maximum atomic E-state index is 12.2. The largest absolute Gasteiger partial charge is 0.398 e. The molecular weight excluding hydrogens is 335 g/mol. The van der Waals surface area contributed by atoms with Crippen molar-refractivity contribution in [3.8, 4) is 0 Å². The maximum absolute atomic E-state index is 12.2. The first-order chi connectivity index (χ1) is 9.79. The van der Waals surface area contributed by atoms with Crippen molar-refractivity contribution in [2.24, 2.45) is 0 Å². The summed E-state index contributed by atoms with van der Waals surface area (Å²) in [4.78, 5) is 11.7. The van der Waals surface area contributed by atoms with Gasteiger partial charge in [-0.1, -0.05) is 23.2 Å². The number of benzene rings is 1. The first kappa shape index (κ1) is 15.9. The molecule has 0 saturated heterocycles. The molecule has 112 valence electrons. The lowest BCUT2D eigenvalue weighted by atomic mass is 10.4. The van der Waals surface area contributed by atoms with Crippen molar-refractivity contribution in [1.29, 1.82) is 0 Å². The molecule has 0 atom stereocenters. The van der Waals surface area contributed by atoms with Crippen molar-refractivity contribution in [3.63, 3.8) is 0 Å². The van der Waals surface area contributed by atoms with Crippen LogP contribution in [0.2, 0.25) is 10.0 Å². The van der Waals surface area contributed by atoms with E-state index in [4.69, 9.17) is 28.9 Å². The molecule has 0 fully saturated rings. The standard InChI is InChI=1S/C13H12Cl2N2O3S/c14-11-3-2-10(7-12(11)15)21(19,20)6-5-17-8-9(16)1-4-13(17)18/h1-4,7-8H,5-6,16H2. The normalized spacial score (nSPS) is 11.5. The Kier molecular flexibility index (Phi) is 4.61. The summed E-state index contributed by atoms with van der Waals surface area (Å²) in [5.74, 6) is -0.242. The average Bonchev–Trinajstić information content (AvgIpc) is 2.43. The number of nitrogens with zero attached hydrogens (tertiary/aromatic N) is 1. The highest BCUT2D eigenvalue weighted by Crippen LogP contribution is 2.25. The van der Waals surface area contributed by atoms with Gasteiger partial charge in [-0.05, 0) is 24.3 Å². The molecule has 5 nitrogen and oxygen atoms in total. The lowest BCUT2D eigenvalue weighted by molar-refractivity contribution is 0.587. The van der Waals surface area contributed by atoms with Crippen LogP contribution in [-0.4, -0.2) is 18.7 Å². The molecule has 1 aromatic carbocycles. The molecule has 0 bridgehead atoms. The van der Waals surface area contributed by atoms with Gasteiger partial charge in [-0.2, -0.15) is 0 Å². The van der Waals surface area contributed by atoms with E-state index in [9.17, 15) is 13.2 Å². The van der Waals surface area contributed by atoms with E-state index in [1.54, 1.807) is 0 Å². The van der Waals surface area contributed by atoms with Crippen LogP contribution in [0.3, 0.4) is 0 Å². The SMILES string of the molecule is Nc1ccc(=O)n(CCS(=O)(=O)c2ccc(Cl)c(Cl)c2)c1. The monoisotopic (exact) mass is 346 g/mol. The average molecular weight is 347 g/mol. The fraction of sp³-hybridized carbons (Fsp3) is 0.154. The minimum absolute atomic E-state index is 0.00640. The number of anilines is 1. The smallest absolute Gasteiger partial charge is 0.250 e. The number of nitrogen functional groups attached to an aromatic ring is 1. The van der Waals surface area contributed by atoms with E-state index in [0.29, 0.717) is 5.69 Å². The van der Waals surface area contributed by atoms with E-state index >= 15 is 0 Å². The van der Waals surface area contributed by atoms with E-state index in [2.05, 4.69) is 0 Å². The molecule has 0 aliphatic heterocycles. The number of halogens is 2. The Labute approximate surface area is 131 Å². The number of nitrogens with two attached hydrogens (primary N) is 1. The lowest BCUT2D eigenvalue weighted by Gasteiger charge is -2.08. The van der Waals surface area contributed by atoms with Crippen molar-refractivity contribution >= 4 is 38.7 Å². The summed E-state index contributed by atoms with van der Waals surface area (Å²) < 4.78 is 25.7. The fourth-order valence-electron chi connectivity index (χ4n) is 1.73. The number of aromatic nitrogens is 1.